The summed E-state index contributed by atoms with van der Waals surface area (Å²) in [5, 5.41) is 0. The first-order chi connectivity index (χ1) is 9.13. The van der Waals surface area contributed by atoms with Crippen LogP contribution in [0.25, 0.3) is 0 Å². The van der Waals surface area contributed by atoms with Gasteiger partial charge >= 0.3 is 5.56 Å². The van der Waals surface area contributed by atoms with Crippen molar-refractivity contribution in [2.45, 2.75) is 19.9 Å². The molecule has 5 nitrogen and oxygen atoms in total. The minimum atomic E-state index is -0.264. The van der Waals surface area contributed by atoms with Crippen molar-refractivity contribution in [1.29, 1.82) is 0 Å². The van der Waals surface area contributed by atoms with Gasteiger partial charge in [0, 0.05) is 18.9 Å². The first kappa shape index (κ1) is 13.6. The summed E-state index contributed by atoms with van der Waals surface area (Å²) < 4.78 is 7.79. The lowest BCUT2D eigenvalue weighted by molar-refractivity contribution is 0.443. The van der Waals surface area contributed by atoms with Crippen LogP contribution in [0.4, 0.5) is 5.69 Å². The zero-order chi connectivity index (χ0) is 13.8. The van der Waals surface area contributed by atoms with Crippen LogP contribution in [0, 0.1) is 0 Å². The Balaban J connectivity index is 2.39. The number of aryl methyl sites for hydroxylation is 1. The molecule has 100 valence electrons. The first-order valence-corrected chi connectivity index (χ1v) is 6.70. The Hall–Kier alpha value is -1.82. The Morgan fingerprint density at radius 1 is 1.47 bits per heavy atom. The topological polar surface area (TPSA) is 70.1 Å². The van der Waals surface area contributed by atoms with Gasteiger partial charge in [0.2, 0.25) is 0 Å². The molecule has 0 saturated carbocycles. The average Bonchev–Trinajstić information content (AvgIpc) is 2.38. The first-order valence-electron chi connectivity index (χ1n) is 5.90. The number of anilines is 1. The Morgan fingerprint density at radius 2 is 2.26 bits per heavy atom. The highest BCUT2D eigenvalue weighted by molar-refractivity contribution is 9.10. The van der Waals surface area contributed by atoms with Crippen LogP contribution in [0.1, 0.15) is 13.3 Å². The predicted molar refractivity (Wildman–Crippen MR) is 77.4 cm³/mol. The van der Waals surface area contributed by atoms with Crippen molar-refractivity contribution in [3.8, 4) is 11.6 Å². The molecule has 0 bridgehead atoms. The molecule has 0 amide bonds. The van der Waals surface area contributed by atoms with Gasteiger partial charge in [0.25, 0.3) is 5.88 Å². The lowest BCUT2D eigenvalue weighted by atomic mass is 10.3. The van der Waals surface area contributed by atoms with Crippen LogP contribution in [0.5, 0.6) is 11.6 Å². The number of hydrogen-bond acceptors (Lipinski definition) is 4. The molecule has 2 aromatic rings. The zero-order valence-electron chi connectivity index (χ0n) is 10.5. The van der Waals surface area contributed by atoms with E-state index >= 15 is 0 Å². The number of benzene rings is 1. The smallest absolute Gasteiger partial charge is 0.313 e. The Morgan fingerprint density at radius 3 is 2.95 bits per heavy atom. The van der Waals surface area contributed by atoms with E-state index in [2.05, 4.69) is 20.9 Å². The van der Waals surface area contributed by atoms with Gasteiger partial charge in [0.05, 0.1) is 10.2 Å². The van der Waals surface area contributed by atoms with E-state index in [0.29, 0.717) is 22.5 Å². The number of ether oxygens (including phenoxy) is 1. The van der Waals surface area contributed by atoms with Gasteiger partial charge in [-0.05, 0) is 34.5 Å². The molecule has 1 aromatic carbocycles. The fraction of sp³-hybridized carbons (Fsp3) is 0.231. The van der Waals surface area contributed by atoms with Gasteiger partial charge in [-0.2, -0.15) is 0 Å². The van der Waals surface area contributed by atoms with Crippen LogP contribution in [0.2, 0.25) is 0 Å². The maximum atomic E-state index is 12.1. The van der Waals surface area contributed by atoms with Gasteiger partial charge < -0.3 is 15.0 Å². The Labute approximate surface area is 119 Å². The largest absolute Gasteiger partial charge is 0.431 e. The molecule has 0 aliphatic heterocycles. The monoisotopic (exact) mass is 323 g/mol. The number of nitrogens with two attached hydrogens (primary N) is 1. The van der Waals surface area contributed by atoms with Crippen molar-refractivity contribution in [3.05, 3.63) is 45.4 Å². The zero-order valence-corrected chi connectivity index (χ0v) is 12.1. The summed E-state index contributed by atoms with van der Waals surface area (Å²) in [5.41, 5.74) is 6.01. The molecule has 0 atom stereocenters. The number of para-hydroxylation sites is 1. The molecule has 1 heterocycles. The summed E-state index contributed by atoms with van der Waals surface area (Å²) in [6.07, 6.45) is 4.04. The SMILES string of the molecule is CCCn1ccnc(Oc2c(N)cccc2Br)c1=O. The highest BCUT2D eigenvalue weighted by atomic mass is 79.9. The van der Waals surface area contributed by atoms with E-state index in [-0.39, 0.29) is 11.4 Å². The fourth-order valence-corrected chi connectivity index (χ4v) is 2.11. The van der Waals surface area contributed by atoms with Crippen molar-refractivity contribution < 1.29 is 4.74 Å². The van der Waals surface area contributed by atoms with Gasteiger partial charge in [-0.1, -0.05) is 13.0 Å². The summed E-state index contributed by atoms with van der Waals surface area (Å²) >= 11 is 3.34. The molecule has 2 N–H and O–H groups in total. The molecule has 0 aliphatic rings. The highest BCUT2D eigenvalue weighted by Gasteiger charge is 2.11. The van der Waals surface area contributed by atoms with Crippen LogP contribution in [-0.4, -0.2) is 9.55 Å². The number of nitrogens with zero attached hydrogens (tertiary/aromatic N) is 2. The van der Waals surface area contributed by atoms with Crippen molar-refractivity contribution in [2.75, 3.05) is 5.73 Å². The van der Waals surface area contributed by atoms with E-state index in [0.717, 1.165) is 6.42 Å². The van der Waals surface area contributed by atoms with Crippen molar-refractivity contribution in [2.24, 2.45) is 0 Å². The Kier molecular flexibility index (Phi) is 4.21. The molecule has 1 aromatic heterocycles. The van der Waals surface area contributed by atoms with Crippen LogP contribution in [-0.2, 0) is 6.54 Å². The minimum Gasteiger partial charge on any atom is -0.431 e. The predicted octanol–water partition coefficient (Wildman–Crippen LogP) is 2.79. The second-order valence-electron chi connectivity index (χ2n) is 3.99. The second-order valence-corrected chi connectivity index (χ2v) is 4.85. The Bertz CT molecular complexity index is 620. The van der Waals surface area contributed by atoms with E-state index in [1.54, 1.807) is 35.2 Å². The van der Waals surface area contributed by atoms with E-state index in [1.165, 1.54) is 0 Å². The fourth-order valence-electron chi connectivity index (χ4n) is 1.64. The van der Waals surface area contributed by atoms with Gasteiger partial charge in [0.15, 0.2) is 5.75 Å². The lowest BCUT2D eigenvalue weighted by Crippen LogP contribution is -2.21. The molecule has 0 aliphatic carbocycles. The van der Waals surface area contributed by atoms with Crippen molar-refractivity contribution in [3.63, 3.8) is 0 Å². The lowest BCUT2D eigenvalue weighted by Gasteiger charge is -2.10. The molecule has 2 rings (SSSR count). The summed E-state index contributed by atoms with van der Waals surface area (Å²) in [4.78, 5) is 16.1. The molecule has 0 unspecified atom stereocenters. The van der Waals surface area contributed by atoms with Crippen LogP contribution < -0.4 is 16.0 Å². The third kappa shape index (κ3) is 2.96. The third-order valence-electron chi connectivity index (χ3n) is 2.54. The van der Waals surface area contributed by atoms with Crippen molar-refractivity contribution in [1.82, 2.24) is 9.55 Å². The normalized spacial score (nSPS) is 10.4. The number of rotatable bonds is 4. The quantitative estimate of drug-likeness (QED) is 0.878. The summed E-state index contributed by atoms with van der Waals surface area (Å²) in [6.45, 7) is 2.63. The van der Waals surface area contributed by atoms with Crippen LogP contribution in [0.15, 0.2) is 39.9 Å². The molecule has 0 fully saturated rings. The average molecular weight is 324 g/mol. The van der Waals surface area contributed by atoms with Gasteiger partial charge in [0.1, 0.15) is 0 Å². The third-order valence-corrected chi connectivity index (χ3v) is 3.17. The number of hydrogen-bond donors (Lipinski definition) is 1. The van der Waals surface area contributed by atoms with Gasteiger partial charge in [-0.15, -0.1) is 0 Å². The van der Waals surface area contributed by atoms with Crippen LogP contribution >= 0.6 is 15.9 Å². The summed E-state index contributed by atoms with van der Waals surface area (Å²) in [5.74, 6) is 0.427. The van der Waals surface area contributed by atoms with E-state index in [1.807, 2.05) is 6.92 Å². The molecule has 6 heteroatoms. The summed E-state index contributed by atoms with van der Waals surface area (Å²) in [7, 11) is 0. The molecule has 19 heavy (non-hydrogen) atoms. The maximum absolute atomic E-state index is 12.1. The number of nitrogen functional groups attached to an aromatic ring is 1. The molecule has 0 saturated heterocycles. The van der Waals surface area contributed by atoms with E-state index in [4.69, 9.17) is 10.5 Å². The summed E-state index contributed by atoms with van der Waals surface area (Å²) in [6, 6.07) is 5.28. The molecular weight excluding hydrogens is 310 g/mol. The standard InChI is InChI=1S/C13H14BrN3O2/c1-2-7-17-8-6-16-12(13(17)18)19-11-9(14)4-3-5-10(11)15/h3-6,8H,2,7,15H2,1H3. The second kappa shape index (κ2) is 5.88. The molecule has 0 radical (unpaired) electrons. The van der Waals surface area contributed by atoms with Crippen LogP contribution in [0.3, 0.4) is 0 Å². The molecular formula is C13H14BrN3O2. The van der Waals surface area contributed by atoms with Crippen molar-refractivity contribution >= 4 is 21.6 Å². The number of aromatic nitrogens is 2. The van der Waals surface area contributed by atoms with Gasteiger partial charge in [-0.3, -0.25) is 4.79 Å². The molecule has 0 spiro atoms. The minimum absolute atomic E-state index is 0.0227. The number of halogens is 1. The highest BCUT2D eigenvalue weighted by Crippen LogP contribution is 2.33. The van der Waals surface area contributed by atoms with Gasteiger partial charge in [-0.25, -0.2) is 4.98 Å². The maximum Gasteiger partial charge on any atom is 0.313 e. The van der Waals surface area contributed by atoms with E-state index in [9.17, 15) is 4.79 Å². The van der Waals surface area contributed by atoms with E-state index < -0.39 is 0 Å².